The van der Waals surface area contributed by atoms with Gasteiger partial charge in [0, 0.05) is 136 Å². The van der Waals surface area contributed by atoms with Crippen molar-refractivity contribution in [3.05, 3.63) is 229 Å². The molecule has 4 N–H and O–H groups in total. The molecule has 5 fully saturated rings. The summed E-state index contributed by atoms with van der Waals surface area (Å²) in [6.45, 7) is 19.6. The molecule has 5 aliphatic rings. The summed E-state index contributed by atoms with van der Waals surface area (Å²) in [6, 6.07) is 65.9. The van der Waals surface area contributed by atoms with Crippen LogP contribution >= 0.6 is 11.8 Å². The van der Waals surface area contributed by atoms with Crippen LogP contribution in [0.4, 0.5) is 41.9 Å². The quantitative estimate of drug-likeness (QED) is 0.0250. The molecule has 4 amide bonds. The zero-order chi connectivity index (χ0) is 98.8. The van der Waals surface area contributed by atoms with Crippen LogP contribution in [-0.4, -0.2) is 146 Å². The van der Waals surface area contributed by atoms with E-state index < -0.39 is 34.2 Å². The van der Waals surface area contributed by atoms with E-state index in [2.05, 4.69) is 103 Å². The molecule has 19 rings (SSSR count). The SMILES string of the molecule is CC(C)OC(=O)Nc1ccc(-c2c(C#N)c3ccc(OC4CCOCC4)cc3n2C2CCC2)cc1.CC(C)OC(=O)Nc1ccc(-c2c(C#N)c3ccc(S(=O)(=O)CCn4cccn4)cc3n2C2CCC2)cc1.CC(C)OC(=O)Nc1ccc(-c2c(C#N)c3ccc(SCCn4ccnc4)cc3n2C2CCC2)cc1.CCCOC(=O)Nc1ccc(-c2c(C#N)c3ccc(OCC)cc3n2C2CCOC2)cc1. The van der Waals surface area contributed by atoms with Crippen LogP contribution in [0.3, 0.4) is 0 Å². The van der Waals surface area contributed by atoms with E-state index in [1.54, 1.807) is 73.5 Å². The molecular formula is C109H116N16O14S2. The fourth-order valence-corrected chi connectivity index (χ4v) is 20.4. The summed E-state index contributed by atoms with van der Waals surface area (Å²) in [7, 11) is -3.57. The van der Waals surface area contributed by atoms with Crippen molar-refractivity contribution in [1.29, 1.82) is 21.0 Å². The van der Waals surface area contributed by atoms with Crippen LogP contribution in [0.2, 0.25) is 0 Å². The first kappa shape index (κ1) is 99.2. The molecular weight excluding hydrogens is 1820 g/mol. The minimum absolute atomic E-state index is 0.0734. The van der Waals surface area contributed by atoms with E-state index in [1.807, 2.05) is 181 Å². The summed E-state index contributed by atoms with van der Waals surface area (Å²) >= 11 is 1.81. The summed E-state index contributed by atoms with van der Waals surface area (Å²) in [5, 5.41) is 59.2. The third-order valence-corrected chi connectivity index (χ3v) is 28.2. The molecule has 8 aromatic carbocycles. The van der Waals surface area contributed by atoms with Crippen LogP contribution in [0.5, 0.6) is 11.5 Å². The Labute approximate surface area is 824 Å². The van der Waals surface area contributed by atoms with Crippen LogP contribution in [0.1, 0.15) is 185 Å². The number of thioether (sulfide) groups is 1. The highest BCUT2D eigenvalue weighted by molar-refractivity contribution is 7.99. The van der Waals surface area contributed by atoms with Crippen LogP contribution in [0.15, 0.2) is 217 Å². The number of ether oxygens (including phenoxy) is 8. The van der Waals surface area contributed by atoms with Gasteiger partial charge in [-0.1, -0.05) is 67.6 Å². The lowest BCUT2D eigenvalue weighted by Gasteiger charge is -2.30. The molecule has 14 aromatic rings. The molecule has 0 bridgehead atoms. The first-order chi connectivity index (χ1) is 68.5. The van der Waals surface area contributed by atoms with Gasteiger partial charge in [-0.25, -0.2) is 32.6 Å². The molecule has 8 heterocycles. The van der Waals surface area contributed by atoms with Crippen molar-refractivity contribution in [2.75, 3.05) is 72.4 Å². The Balaban J connectivity index is 0.000000136. The highest BCUT2D eigenvalue weighted by atomic mass is 32.2. The number of benzene rings is 8. The summed E-state index contributed by atoms with van der Waals surface area (Å²) in [5.41, 5.74) is 16.0. The normalized spacial score (nSPS) is 14.8. The fraction of sp³-hybridized carbons (Fsp3) is 0.358. The van der Waals surface area contributed by atoms with Gasteiger partial charge >= 0.3 is 24.4 Å². The van der Waals surface area contributed by atoms with Crippen molar-refractivity contribution >= 4 is 112 Å². The van der Waals surface area contributed by atoms with Gasteiger partial charge in [-0.3, -0.25) is 25.9 Å². The minimum atomic E-state index is -3.57. The number of aromatic nitrogens is 8. The number of nitriles is 4. The molecule has 2 saturated heterocycles. The molecule has 2 aliphatic heterocycles. The number of carbonyl (C=O) groups is 4. The van der Waals surface area contributed by atoms with Crippen LogP contribution < -0.4 is 30.7 Å². The zero-order valence-corrected chi connectivity index (χ0v) is 82.0. The number of hydrogen-bond acceptors (Lipinski definition) is 21. The van der Waals surface area contributed by atoms with E-state index in [1.165, 1.54) is 17.7 Å². The van der Waals surface area contributed by atoms with E-state index in [0.29, 0.717) is 83.5 Å². The van der Waals surface area contributed by atoms with Crippen LogP contribution in [0.25, 0.3) is 88.6 Å². The molecule has 6 aromatic heterocycles. The average molecular weight is 1940 g/mol. The van der Waals surface area contributed by atoms with Crippen molar-refractivity contribution in [1.82, 2.24) is 37.6 Å². The number of hydrogen-bond donors (Lipinski definition) is 4. The van der Waals surface area contributed by atoms with E-state index in [-0.39, 0.29) is 53.7 Å². The lowest BCUT2D eigenvalue weighted by atomic mass is 9.92. The number of nitrogens with one attached hydrogen (secondary N) is 4. The maximum atomic E-state index is 13.2. The number of carbonyl (C=O) groups excluding carboxylic acids is 4. The monoisotopic (exact) mass is 1940 g/mol. The topological polar surface area (TPSA) is 375 Å². The highest BCUT2D eigenvalue weighted by Crippen LogP contribution is 2.49. The highest BCUT2D eigenvalue weighted by Gasteiger charge is 2.35. The molecule has 141 heavy (non-hydrogen) atoms. The van der Waals surface area contributed by atoms with E-state index >= 15 is 0 Å². The van der Waals surface area contributed by atoms with Crippen LogP contribution in [0, 0.1) is 45.3 Å². The van der Waals surface area contributed by atoms with E-state index in [4.69, 9.17) is 37.9 Å². The fourth-order valence-electron chi connectivity index (χ4n) is 18.3. The lowest BCUT2D eigenvalue weighted by molar-refractivity contribution is 0.0256. The number of fused-ring (bicyclic) bond motifs is 4. The second-order valence-electron chi connectivity index (χ2n) is 36.2. The van der Waals surface area contributed by atoms with Crippen molar-refractivity contribution in [2.45, 2.75) is 210 Å². The Kier molecular flexibility index (Phi) is 32.3. The van der Waals surface area contributed by atoms with E-state index in [0.717, 1.165) is 196 Å². The predicted molar refractivity (Wildman–Crippen MR) is 545 cm³/mol. The van der Waals surface area contributed by atoms with Gasteiger partial charge in [0.15, 0.2) is 9.84 Å². The molecule has 30 nitrogen and oxygen atoms in total. The Morgan fingerprint density at radius 1 is 0.468 bits per heavy atom. The van der Waals surface area contributed by atoms with Crippen LogP contribution in [-0.2, 0) is 51.3 Å². The largest absolute Gasteiger partial charge is 0.494 e. The van der Waals surface area contributed by atoms with Crippen molar-refractivity contribution in [3.8, 4) is 80.8 Å². The molecule has 3 aliphatic carbocycles. The van der Waals surface area contributed by atoms with Crippen molar-refractivity contribution < 1.29 is 65.5 Å². The minimum Gasteiger partial charge on any atom is -0.494 e. The Morgan fingerprint density at radius 3 is 1.28 bits per heavy atom. The second kappa shape index (κ2) is 45.9. The van der Waals surface area contributed by atoms with Crippen molar-refractivity contribution in [3.63, 3.8) is 0 Å². The van der Waals surface area contributed by atoms with Gasteiger partial charge in [0.05, 0.1) is 148 Å². The summed E-state index contributed by atoms with van der Waals surface area (Å²) in [5.74, 6) is 2.48. The molecule has 32 heteroatoms. The average Bonchev–Trinajstić information content (AvgIpc) is 1.59. The van der Waals surface area contributed by atoms with Gasteiger partial charge < -0.3 is 60.7 Å². The third kappa shape index (κ3) is 23.4. The Morgan fingerprint density at radius 2 is 0.887 bits per heavy atom. The number of aryl methyl sites for hydroxylation is 2. The van der Waals surface area contributed by atoms with Gasteiger partial charge in [0.25, 0.3) is 0 Å². The predicted octanol–water partition coefficient (Wildman–Crippen LogP) is 24.3. The van der Waals surface area contributed by atoms with E-state index in [9.17, 15) is 48.6 Å². The van der Waals surface area contributed by atoms with Crippen molar-refractivity contribution in [2.24, 2.45) is 0 Å². The third-order valence-electron chi connectivity index (χ3n) is 25.5. The number of sulfone groups is 1. The van der Waals surface area contributed by atoms with Gasteiger partial charge in [0.2, 0.25) is 0 Å². The number of amides is 4. The number of nitrogens with zero attached hydrogens (tertiary/aromatic N) is 12. The summed E-state index contributed by atoms with van der Waals surface area (Å²) < 4.78 is 82.8. The number of anilines is 4. The smallest absolute Gasteiger partial charge is 0.411 e. The van der Waals surface area contributed by atoms with Gasteiger partial charge in [-0.05, 0) is 244 Å². The summed E-state index contributed by atoms with van der Waals surface area (Å²) in [6.07, 6.45) is 19.8. The molecule has 3 saturated carbocycles. The molecule has 1 unspecified atom stereocenters. The van der Waals surface area contributed by atoms with Gasteiger partial charge in [-0.15, -0.1) is 11.8 Å². The molecule has 0 radical (unpaired) electrons. The summed E-state index contributed by atoms with van der Waals surface area (Å²) in [4.78, 5) is 53.3. The first-order valence-corrected chi connectivity index (χ1v) is 51.0. The molecule has 1 atom stereocenters. The standard InChI is InChI=1S/C28H29N5O4S.C28H29N5O2S.C28H31N3O4.C25H27N3O4/c1-19(2)37-28(34)31-21-9-7-20(8-10-21)27-25(18-29)24-12-11-23(17-26(24)33(27)22-5-3-6-22)38(35,36)16-15-32-14-4-13-30-32;1-19(2)35-28(34)31-21-8-6-20(7-9-21)27-25(17-29)24-11-10-23(36-15-14-32-13-12-30-18-32)16-26(24)33(27)22-4-3-5-22;1-18(2)34-28(32)30-20-8-6-19(7-9-20)27-25(17-29)24-11-10-23(35-22-12-14-33-15-13-22)16-26(24)31(27)21-4-3-5-21;1-3-12-32-25(29)27-18-7-5-17(6-8-18)24-22(15-26)21-10-9-20(31-4-2)14-23(21)28(24)19-11-13-30-16-19/h4,7-14,17,19,22H,3,5-6,15-16H2,1-2H3,(H,31,34);6-13,16,18-19,22H,3-5,14-15H2,1-2H3,(H,31,34);6-11,16,18,21-22H,3-5,12-15H2,1-2H3,(H,30,32);5-10,14,19H,3-4,11-13,16H2,1-2H3,(H,27,29). The number of rotatable bonds is 29. The Bertz CT molecular complexity index is 7080. The maximum Gasteiger partial charge on any atom is 0.411 e. The molecule has 0 spiro atoms. The number of imidazole rings is 1. The van der Waals surface area contributed by atoms with Gasteiger partial charge in [-0.2, -0.15) is 26.1 Å². The maximum absolute atomic E-state index is 13.2. The first-order valence-electron chi connectivity index (χ1n) is 48.3. The Hall–Kier alpha value is -14.8. The zero-order valence-electron chi connectivity index (χ0n) is 80.4. The second-order valence-corrected chi connectivity index (χ2v) is 39.5. The lowest BCUT2D eigenvalue weighted by Crippen LogP contribution is -2.25. The molecule has 728 valence electrons. The van der Waals surface area contributed by atoms with Gasteiger partial charge in [0.1, 0.15) is 41.9 Å².